The Morgan fingerprint density at radius 2 is 1.96 bits per heavy atom. The van der Waals surface area contributed by atoms with Gasteiger partial charge in [0.1, 0.15) is 4.75 Å². The Morgan fingerprint density at radius 1 is 1.23 bits per heavy atom. The van der Waals surface area contributed by atoms with E-state index in [0.29, 0.717) is 23.6 Å². The fraction of sp³-hybridized carbons (Fsp3) is 0.263. The number of esters is 1. The monoisotopic (exact) mass is 366 g/mol. The van der Waals surface area contributed by atoms with Gasteiger partial charge in [0.05, 0.1) is 18.2 Å². The molecule has 2 heterocycles. The molecule has 0 saturated carbocycles. The van der Waals surface area contributed by atoms with E-state index in [1.807, 2.05) is 48.7 Å². The summed E-state index contributed by atoms with van der Waals surface area (Å²) in [5, 5.41) is 17.4. The van der Waals surface area contributed by atoms with Gasteiger partial charge in [0.25, 0.3) is 0 Å². The molecule has 0 atom stereocenters. The highest BCUT2D eigenvalue weighted by Crippen LogP contribution is 2.34. The topological polar surface area (TPSA) is 80.3 Å². The molecule has 0 aliphatic heterocycles. The zero-order valence-electron chi connectivity index (χ0n) is 14.8. The lowest BCUT2D eigenvalue weighted by Gasteiger charge is -2.21. The highest BCUT2D eigenvalue weighted by atomic mass is 32.2. The van der Waals surface area contributed by atoms with Crippen LogP contribution >= 0.6 is 11.8 Å². The minimum Gasteiger partial charge on any atom is -0.465 e. The zero-order valence-corrected chi connectivity index (χ0v) is 15.6. The summed E-state index contributed by atoms with van der Waals surface area (Å²) < 4.78 is 6.33. The summed E-state index contributed by atoms with van der Waals surface area (Å²) in [5.74, 6) is 0.432. The fourth-order valence-corrected chi connectivity index (χ4v) is 3.49. The molecule has 3 rings (SSSR count). The maximum absolute atomic E-state index is 12.1. The number of nitriles is 1. The molecule has 2 aromatic heterocycles. The van der Waals surface area contributed by atoms with Gasteiger partial charge in [-0.25, -0.2) is 0 Å². The Labute approximate surface area is 155 Å². The smallest absolute Gasteiger partial charge is 0.321 e. The lowest BCUT2D eigenvalue weighted by molar-refractivity contribution is -0.145. The van der Waals surface area contributed by atoms with Crippen LogP contribution in [0.15, 0.2) is 47.5 Å². The molecular weight excluding hydrogens is 348 g/mol. The number of thioether (sulfide) groups is 1. The first kappa shape index (κ1) is 18.0. The molecule has 0 aliphatic carbocycles. The Morgan fingerprint density at radius 3 is 2.62 bits per heavy atom. The van der Waals surface area contributed by atoms with Gasteiger partial charge in [-0.1, -0.05) is 0 Å². The van der Waals surface area contributed by atoms with E-state index >= 15 is 0 Å². The maximum atomic E-state index is 12.1. The van der Waals surface area contributed by atoms with Gasteiger partial charge in [-0.15, -0.1) is 22.0 Å². The summed E-state index contributed by atoms with van der Waals surface area (Å²) in [6.45, 7) is 5.84. The molecule has 0 aliphatic rings. The summed E-state index contributed by atoms with van der Waals surface area (Å²) >= 11 is 1.43. The standard InChI is InChI=1S/C19H18N4O2S/c1-4-25-18(24)19(2,3)26-15-9-10-16-21-22-17(23(16)12-15)14-7-5-13(11-20)6-8-14/h5-10,12H,4H2,1-3H3. The van der Waals surface area contributed by atoms with Crippen molar-refractivity contribution in [3.05, 3.63) is 48.2 Å². The maximum Gasteiger partial charge on any atom is 0.321 e. The van der Waals surface area contributed by atoms with Gasteiger partial charge in [-0.3, -0.25) is 9.20 Å². The van der Waals surface area contributed by atoms with Crippen LogP contribution in [0.25, 0.3) is 17.0 Å². The van der Waals surface area contributed by atoms with E-state index in [-0.39, 0.29) is 5.97 Å². The Balaban J connectivity index is 1.95. The molecular formula is C19H18N4O2S. The highest BCUT2D eigenvalue weighted by molar-refractivity contribution is 8.01. The van der Waals surface area contributed by atoms with Crippen LogP contribution in [0.3, 0.4) is 0 Å². The first-order valence-corrected chi connectivity index (χ1v) is 8.98. The second kappa shape index (κ2) is 7.18. The number of carbonyl (C=O) groups excluding carboxylic acids is 1. The van der Waals surface area contributed by atoms with Crippen molar-refractivity contribution in [2.45, 2.75) is 30.4 Å². The van der Waals surface area contributed by atoms with Crippen molar-refractivity contribution in [3.8, 4) is 17.5 Å². The first-order valence-electron chi connectivity index (χ1n) is 8.16. The predicted molar refractivity (Wildman–Crippen MR) is 99.7 cm³/mol. The molecule has 0 amide bonds. The van der Waals surface area contributed by atoms with Gasteiger partial charge in [0.15, 0.2) is 11.5 Å². The van der Waals surface area contributed by atoms with Crippen molar-refractivity contribution in [3.63, 3.8) is 0 Å². The number of nitrogens with zero attached hydrogens (tertiary/aromatic N) is 4. The van der Waals surface area contributed by atoms with E-state index in [1.54, 1.807) is 19.1 Å². The van der Waals surface area contributed by atoms with Crippen LogP contribution in [-0.4, -0.2) is 31.9 Å². The lowest BCUT2D eigenvalue weighted by atomic mass is 10.1. The van der Waals surface area contributed by atoms with Gasteiger partial charge in [-0.2, -0.15) is 5.26 Å². The molecule has 0 N–H and O–H groups in total. The van der Waals surface area contributed by atoms with Gasteiger partial charge < -0.3 is 4.74 Å². The van der Waals surface area contributed by atoms with E-state index in [1.165, 1.54) is 11.8 Å². The second-order valence-electron chi connectivity index (χ2n) is 6.14. The molecule has 0 bridgehead atoms. The summed E-state index contributed by atoms with van der Waals surface area (Å²) in [6, 6.07) is 13.1. The third kappa shape index (κ3) is 3.55. The van der Waals surface area contributed by atoms with E-state index in [9.17, 15) is 4.79 Å². The first-order chi connectivity index (χ1) is 12.4. The van der Waals surface area contributed by atoms with E-state index in [0.717, 1.165) is 10.5 Å². The van der Waals surface area contributed by atoms with Crippen LogP contribution in [0.1, 0.15) is 26.3 Å². The summed E-state index contributed by atoms with van der Waals surface area (Å²) in [5.41, 5.74) is 2.17. The number of benzene rings is 1. The normalized spacial score (nSPS) is 11.3. The number of carbonyl (C=O) groups is 1. The molecule has 1 aromatic carbocycles. The Kier molecular flexibility index (Phi) is 4.96. The minimum atomic E-state index is -0.702. The molecule has 26 heavy (non-hydrogen) atoms. The minimum absolute atomic E-state index is 0.249. The molecule has 0 radical (unpaired) electrons. The van der Waals surface area contributed by atoms with E-state index in [2.05, 4.69) is 16.3 Å². The largest absolute Gasteiger partial charge is 0.465 e. The lowest BCUT2D eigenvalue weighted by Crippen LogP contribution is -2.29. The van der Waals surface area contributed by atoms with Crippen molar-refractivity contribution in [1.29, 1.82) is 5.26 Å². The predicted octanol–water partition coefficient (Wildman–Crippen LogP) is 3.70. The van der Waals surface area contributed by atoms with Gasteiger partial charge >= 0.3 is 5.97 Å². The van der Waals surface area contributed by atoms with Crippen LogP contribution in [-0.2, 0) is 9.53 Å². The number of fused-ring (bicyclic) bond motifs is 1. The van der Waals surface area contributed by atoms with Crippen molar-refractivity contribution < 1.29 is 9.53 Å². The van der Waals surface area contributed by atoms with Crippen molar-refractivity contribution >= 4 is 23.4 Å². The number of hydrogen-bond acceptors (Lipinski definition) is 6. The Bertz CT molecular complexity index is 987. The zero-order chi connectivity index (χ0) is 18.7. The van der Waals surface area contributed by atoms with Crippen molar-refractivity contribution in [2.24, 2.45) is 0 Å². The fourth-order valence-electron chi connectivity index (χ4n) is 2.46. The number of rotatable bonds is 5. The molecule has 3 aromatic rings. The summed E-state index contributed by atoms with van der Waals surface area (Å²) in [6.07, 6.45) is 1.91. The molecule has 0 unspecified atom stereocenters. The molecule has 6 nitrogen and oxygen atoms in total. The molecule has 0 fully saturated rings. The van der Waals surface area contributed by atoms with Crippen LogP contribution in [0.5, 0.6) is 0 Å². The molecule has 0 spiro atoms. The van der Waals surface area contributed by atoms with Gasteiger partial charge in [-0.05, 0) is 57.2 Å². The summed E-state index contributed by atoms with van der Waals surface area (Å²) in [4.78, 5) is 13.0. The van der Waals surface area contributed by atoms with Crippen molar-refractivity contribution in [1.82, 2.24) is 14.6 Å². The van der Waals surface area contributed by atoms with Gasteiger partial charge in [0, 0.05) is 16.7 Å². The van der Waals surface area contributed by atoms with Crippen LogP contribution in [0.2, 0.25) is 0 Å². The molecule has 7 heteroatoms. The highest BCUT2D eigenvalue weighted by Gasteiger charge is 2.30. The third-order valence-corrected chi connectivity index (χ3v) is 4.94. The van der Waals surface area contributed by atoms with Gasteiger partial charge in [0.2, 0.25) is 0 Å². The third-order valence-electron chi connectivity index (χ3n) is 3.79. The van der Waals surface area contributed by atoms with E-state index in [4.69, 9.17) is 10.00 Å². The van der Waals surface area contributed by atoms with Crippen LogP contribution in [0, 0.1) is 11.3 Å². The number of aromatic nitrogens is 3. The quantitative estimate of drug-likeness (QED) is 0.506. The average molecular weight is 366 g/mol. The average Bonchev–Trinajstić information content (AvgIpc) is 3.05. The van der Waals surface area contributed by atoms with E-state index < -0.39 is 4.75 Å². The number of hydrogen-bond donors (Lipinski definition) is 0. The number of pyridine rings is 1. The number of ether oxygens (including phenoxy) is 1. The van der Waals surface area contributed by atoms with Crippen LogP contribution < -0.4 is 0 Å². The SMILES string of the molecule is CCOC(=O)C(C)(C)Sc1ccc2nnc(-c3ccc(C#N)cc3)n2c1. The molecule has 132 valence electrons. The van der Waals surface area contributed by atoms with Crippen LogP contribution in [0.4, 0.5) is 0 Å². The summed E-state index contributed by atoms with van der Waals surface area (Å²) in [7, 11) is 0. The van der Waals surface area contributed by atoms with Crippen molar-refractivity contribution in [2.75, 3.05) is 6.61 Å². The Hall–Kier alpha value is -2.85. The second-order valence-corrected chi connectivity index (χ2v) is 7.83. The molecule has 0 saturated heterocycles.